The van der Waals surface area contributed by atoms with Gasteiger partial charge in [0, 0.05) is 71.3 Å². The first kappa shape index (κ1) is 25.4. The first-order valence-electron chi connectivity index (χ1n) is 10.6. The van der Waals surface area contributed by atoms with E-state index in [-0.39, 0.29) is 36.4 Å². The summed E-state index contributed by atoms with van der Waals surface area (Å²) >= 11 is 1.50. The first-order chi connectivity index (χ1) is 15.1. The molecule has 3 heterocycles. The standard InChI is InChI=1S/C25H24FN3OS.2ClH/c1-17-5-6-18-3-2-4-22(25(18)27-17)29-13-11-28(12-14-29)10-9-23(30)21-16-31-24-8-7-19(26)15-20(21)24;;/h2-8,15-16H,9-14H2,1H3;2*1H. The normalized spacial score (nSPS) is 14.2. The van der Waals surface area contributed by atoms with Gasteiger partial charge < -0.3 is 4.90 Å². The Morgan fingerprint density at radius 3 is 2.64 bits per heavy atom. The van der Waals surface area contributed by atoms with Crippen molar-refractivity contribution in [1.82, 2.24) is 9.88 Å². The van der Waals surface area contributed by atoms with Gasteiger partial charge in [-0.05, 0) is 37.3 Å². The average molecular weight is 506 g/mol. The average Bonchev–Trinajstić information content (AvgIpc) is 3.20. The Morgan fingerprint density at radius 2 is 1.85 bits per heavy atom. The maximum Gasteiger partial charge on any atom is 0.165 e. The lowest BCUT2D eigenvalue weighted by atomic mass is 10.1. The van der Waals surface area contributed by atoms with Crippen LogP contribution in [0, 0.1) is 12.7 Å². The Labute approximate surface area is 209 Å². The van der Waals surface area contributed by atoms with E-state index < -0.39 is 0 Å². The van der Waals surface area contributed by atoms with Crippen LogP contribution in [0.2, 0.25) is 0 Å². The first-order valence-corrected chi connectivity index (χ1v) is 11.5. The van der Waals surface area contributed by atoms with E-state index in [0.29, 0.717) is 12.0 Å². The number of nitrogens with zero attached hydrogens (tertiary/aromatic N) is 3. The Morgan fingerprint density at radius 1 is 1.06 bits per heavy atom. The number of hydrogen-bond donors (Lipinski definition) is 0. The number of benzene rings is 2. The minimum absolute atomic E-state index is 0. The third-order valence-corrected chi connectivity index (χ3v) is 7.01. The van der Waals surface area contributed by atoms with Crippen LogP contribution in [0.3, 0.4) is 0 Å². The van der Waals surface area contributed by atoms with Crippen molar-refractivity contribution in [3.63, 3.8) is 0 Å². The van der Waals surface area contributed by atoms with Gasteiger partial charge in [0.05, 0.1) is 11.2 Å². The number of para-hydroxylation sites is 1. The quantitative estimate of drug-likeness (QED) is 0.305. The van der Waals surface area contributed by atoms with E-state index in [2.05, 4.69) is 34.1 Å². The van der Waals surface area contributed by atoms with Gasteiger partial charge in [-0.2, -0.15) is 0 Å². The van der Waals surface area contributed by atoms with E-state index in [0.717, 1.165) is 59.4 Å². The number of carbonyl (C=O) groups excluding carboxylic acids is 1. The second-order valence-electron chi connectivity index (χ2n) is 8.09. The summed E-state index contributed by atoms with van der Waals surface area (Å²) < 4.78 is 14.6. The summed E-state index contributed by atoms with van der Waals surface area (Å²) in [5.74, 6) is -0.206. The lowest BCUT2D eigenvalue weighted by molar-refractivity contribution is 0.0964. The molecule has 0 bridgehead atoms. The van der Waals surface area contributed by atoms with Crippen molar-refractivity contribution >= 4 is 68.6 Å². The van der Waals surface area contributed by atoms with Crippen molar-refractivity contribution in [3.8, 4) is 0 Å². The van der Waals surface area contributed by atoms with Gasteiger partial charge in [-0.3, -0.25) is 14.7 Å². The molecule has 33 heavy (non-hydrogen) atoms. The number of thiophene rings is 1. The third-order valence-electron chi connectivity index (χ3n) is 6.04. The highest BCUT2D eigenvalue weighted by molar-refractivity contribution is 7.17. The highest BCUT2D eigenvalue weighted by atomic mass is 35.5. The lowest BCUT2D eigenvalue weighted by Crippen LogP contribution is -2.47. The molecule has 1 saturated heterocycles. The van der Waals surface area contributed by atoms with E-state index in [1.165, 1.54) is 29.2 Å². The fourth-order valence-electron chi connectivity index (χ4n) is 4.31. The number of aryl methyl sites for hydroxylation is 1. The van der Waals surface area contributed by atoms with Crippen LogP contribution in [-0.2, 0) is 0 Å². The van der Waals surface area contributed by atoms with E-state index in [4.69, 9.17) is 4.98 Å². The molecule has 0 atom stereocenters. The van der Waals surface area contributed by atoms with Gasteiger partial charge in [-0.15, -0.1) is 36.2 Å². The number of anilines is 1. The number of rotatable bonds is 5. The summed E-state index contributed by atoms with van der Waals surface area (Å²) in [5, 5.41) is 3.76. The minimum atomic E-state index is -0.297. The van der Waals surface area contributed by atoms with Gasteiger partial charge in [-0.1, -0.05) is 18.2 Å². The molecular weight excluding hydrogens is 480 g/mol. The van der Waals surface area contributed by atoms with Gasteiger partial charge in [0.2, 0.25) is 0 Å². The summed E-state index contributed by atoms with van der Waals surface area (Å²) in [5.41, 5.74) is 3.92. The highest BCUT2D eigenvalue weighted by Crippen LogP contribution is 2.28. The molecule has 8 heteroatoms. The molecular formula is C25H26Cl2FN3OS. The van der Waals surface area contributed by atoms with Gasteiger partial charge in [0.25, 0.3) is 0 Å². The third kappa shape index (κ3) is 5.30. The summed E-state index contributed by atoms with van der Waals surface area (Å²) in [4.78, 5) is 22.3. The van der Waals surface area contributed by atoms with E-state index in [9.17, 15) is 9.18 Å². The Bertz CT molecular complexity index is 1270. The predicted octanol–water partition coefficient (Wildman–Crippen LogP) is 6.14. The molecule has 5 rings (SSSR count). The Balaban J connectivity index is 0.00000153. The summed E-state index contributed by atoms with van der Waals surface area (Å²) in [6.07, 6.45) is 0.456. The van der Waals surface area contributed by atoms with Gasteiger partial charge in [0.15, 0.2) is 5.78 Å². The van der Waals surface area contributed by atoms with Crippen LogP contribution in [0.1, 0.15) is 22.5 Å². The predicted molar refractivity (Wildman–Crippen MR) is 140 cm³/mol. The highest BCUT2D eigenvalue weighted by Gasteiger charge is 2.21. The van der Waals surface area contributed by atoms with Crippen LogP contribution in [0.25, 0.3) is 21.0 Å². The molecule has 174 valence electrons. The molecule has 4 nitrogen and oxygen atoms in total. The number of halogens is 3. The van der Waals surface area contributed by atoms with Gasteiger partial charge in [-0.25, -0.2) is 4.39 Å². The van der Waals surface area contributed by atoms with Crippen LogP contribution >= 0.6 is 36.2 Å². The van der Waals surface area contributed by atoms with E-state index >= 15 is 0 Å². The zero-order chi connectivity index (χ0) is 21.4. The molecule has 0 aliphatic carbocycles. The molecule has 1 fully saturated rings. The number of pyridine rings is 1. The molecule has 4 aromatic rings. The van der Waals surface area contributed by atoms with Crippen molar-refractivity contribution in [1.29, 1.82) is 0 Å². The lowest BCUT2D eigenvalue weighted by Gasteiger charge is -2.36. The zero-order valence-corrected chi connectivity index (χ0v) is 20.7. The topological polar surface area (TPSA) is 36.4 Å². The number of fused-ring (bicyclic) bond motifs is 2. The molecule has 0 radical (unpaired) electrons. The number of hydrogen-bond acceptors (Lipinski definition) is 5. The molecule has 0 unspecified atom stereocenters. The second kappa shape index (κ2) is 10.8. The Hall–Kier alpha value is -2.25. The SMILES string of the molecule is Cc1ccc2cccc(N3CCN(CCC(=O)c4csc5ccc(F)cc45)CC3)c2n1.Cl.Cl. The van der Waals surface area contributed by atoms with Crippen molar-refractivity contribution in [2.75, 3.05) is 37.6 Å². The smallest absolute Gasteiger partial charge is 0.165 e. The summed E-state index contributed by atoms with van der Waals surface area (Å²) in [6.45, 7) is 6.40. The van der Waals surface area contributed by atoms with Crippen LogP contribution in [0.5, 0.6) is 0 Å². The molecule has 0 saturated carbocycles. The number of piperazine rings is 1. The maximum atomic E-state index is 13.6. The molecule has 0 amide bonds. The van der Waals surface area contributed by atoms with Crippen LogP contribution in [0.4, 0.5) is 10.1 Å². The number of ketones is 1. The molecule has 2 aromatic carbocycles. The molecule has 2 aromatic heterocycles. The Kier molecular flexibility index (Phi) is 8.29. The molecule has 0 spiro atoms. The summed E-state index contributed by atoms with van der Waals surface area (Å²) in [6, 6.07) is 15.2. The van der Waals surface area contributed by atoms with Crippen molar-refractivity contribution < 1.29 is 9.18 Å². The van der Waals surface area contributed by atoms with Crippen molar-refractivity contribution in [2.45, 2.75) is 13.3 Å². The number of carbonyl (C=O) groups is 1. The molecule has 0 N–H and O–H groups in total. The molecule has 1 aliphatic rings. The van der Waals surface area contributed by atoms with E-state index in [1.54, 1.807) is 6.07 Å². The van der Waals surface area contributed by atoms with Gasteiger partial charge >= 0.3 is 0 Å². The van der Waals surface area contributed by atoms with Crippen molar-refractivity contribution in [2.24, 2.45) is 0 Å². The van der Waals surface area contributed by atoms with Crippen LogP contribution < -0.4 is 4.90 Å². The van der Waals surface area contributed by atoms with Crippen LogP contribution in [-0.4, -0.2) is 48.4 Å². The monoisotopic (exact) mass is 505 g/mol. The van der Waals surface area contributed by atoms with Crippen molar-refractivity contribution in [3.05, 3.63) is 71.0 Å². The van der Waals surface area contributed by atoms with Crippen LogP contribution in [0.15, 0.2) is 53.9 Å². The minimum Gasteiger partial charge on any atom is -0.367 e. The zero-order valence-electron chi connectivity index (χ0n) is 18.3. The largest absolute Gasteiger partial charge is 0.367 e. The fraction of sp³-hybridized carbons (Fsp3) is 0.280. The van der Waals surface area contributed by atoms with E-state index in [1.807, 2.05) is 18.4 Å². The fourth-order valence-corrected chi connectivity index (χ4v) is 5.25. The van der Waals surface area contributed by atoms with Gasteiger partial charge in [0.1, 0.15) is 5.82 Å². The second-order valence-corrected chi connectivity index (χ2v) is 9.00. The number of Topliss-reactive ketones (excluding diaryl/α,β-unsaturated/α-hetero) is 1. The maximum absolute atomic E-state index is 13.6. The summed E-state index contributed by atoms with van der Waals surface area (Å²) in [7, 11) is 0. The number of aromatic nitrogens is 1. The molecule has 1 aliphatic heterocycles.